The van der Waals surface area contributed by atoms with Gasteiger partial charge in [0.25, 0.3) is 0 Å². The van der Waals surface area contributed by atoms with Crippen LogP contribution in [0.3, 0.4) is 0 Å². The lowest BCUT2D eigenvalue weighted by atomic mass is 9.72. The van der Waals surface area contributed by atoms with Crippen LogP contribution < -0.4 is 9.47 Å². The topological polar surface area (TPSA) is 78.4 Å². The molecule has 3 rings (SSSR count). The summed E-state index contributed by atoms with van der Waals surface area (Å²) in [6.07, 6.45) is 4.85. The molecule has 1 aliphatic carbocycles. The molecule has 0 bridgehead atoms. The summed E-state index contributed by atoms with van der Waals surface area (Å²) in [5, 5.41) is 19.2. The zero-order valence-corrected chi connectivity index (χ0v) is 18.8. The number of hydrogen-bond acceptors (Lipinski definition) is 6. The van der Waals surface area contributed by atoms with Crippen LogP contribution in [0.5, 0.6) is 11.5 Å². The van der Waals surface area contributed by atoms with Gasteiger partial charge in [0.2, 0.25) is 0 Å². The molecule has 156 valence electrons. The molecule has 2 aromatic rings. The first-order valence-electron chi connectivity index (χ1n) is 10.2. The van der Waals surface area contributed by atoms with E-state index in [2.05, 4.69) is 31.8 Å². The van der Waals surface area contributed by atoms with E-state index in [0.29, 0.717) is 24.0 Å². The van der Waals surface area contributed by atoms with E-state index in [1.807, 2.05) is 25.1 Å². The number of rotatable bonds is 6. The number of aliphatic imine (C=N–C) groups is 1. The fourth-order valence-electron chi connectivity index (χ4n) is 3.75. The molecule has 0 unspecified atom stereocenters. The van der Waals surface area contributed by atoms with Crippen molar-refractivity contribution in [2.24, 2.45) is 16.3 Å². The minimum atomic E-state index is -0.0324. The molecule has 1 atom stereocenters. The largest absolute Gasteiger partial charge is 0.490 e. The highest BCUT2D eigenvalue weighted by Gasteiger charge is 2.32. The fraction of sp³-hybridized carbons (Fsp3) is 0.458. The van der Waals surface area contributed by atoms with Crippen molar-refractivity contribution in [2.75, 3.05) is 13.2 Å². The number of benzene rings is 1. The van der Waals surface area contributed by atoms with Crippen LogP contribution in [-0.2, 0) is 12.8 Å². The summed E-state index contributed by atoms with van der Waals surface area (Å²) >= 11 is 1.64. The minimum absolute atomic E-state index is 0.0324. The van der Waals surface area contributed by atoms with E-state index < -0.39 is 0 Å². The highest BCUT2D eigenvalue weighted by Crippen LogP contribution is 2.44. The Morgan fingerprint density at radius 2 is 2.03 bits per heavy atom. The van der Waals surface area contributed by atoms with Crippen LogP contribution in [0, 0.1) is 34.0 Å². The summed E-state index contributed by atoms with van der Waals surface area (Å²) in [5.74, 6) is 1.74. The third-order valence-corrected chi connectivity index (χ3v) is 6.64. The van der Waals surface area contributed by atoms with Gasteiger partial charge in [-0.2, -0.15) is 10.5 Å². The first-order chi connectivity index (χ1) is 14.4. The van der Waals surface area contributed by atoms with E-state index in [-0.39, 0.29) is 12.0 Å². The van der Waals surface area contributed by atoms with Crippen molar-refractivity contribution in [1.29, 1.82) is 10.5 Å². The lowest BCUT2D eigenvalue weighted by Crippen LogP contribution is -2.26. The Morgan fingerprint density at radius 1 is 1.23 bits per heavy atom. The van der Waals surface area contributed by atoms with E-state index in [0.717, 1.165) is 35.4 Å². The van der Waals surface area contributed by atoms with Gasteiger partial charge in [-0.1, -0.05) is 20.8 Å². The van der Waals surface area contributed by atoms with Crippen LogP contribution in [0.2, 0.25) is 0 Å². The predicted molar refractivity (Wildman–Crippen MR) is 120 cm³/mol. The van der Waals surface area contributed by atoms with Crippen LogP contribution in [0.25, 0.3) is 0 Å². The van der Waals surface area contributed by atoms with E-state index in [1.54, 1.807) is 23.6 Å². The van der Waals surface area contributed by atoms with E-state index in [9.17, 15) is 5.26 Å². The zero-order valence-electron chi connectivity index (χ0n) is 18.0. The summed E-state index contributed by atoms with van der Waals surface area (Å²) in [6, 6.07) is 9.83. The molecule has 0 radical (unpaired) electrons. The van der Waals surface area contributed by atoms with Gasteiger partial charge in [-0.15, -0.1) is 11.3 Å². The molecule has 0 saturated carbocycles. The normalized spacial score (nSPS) is 16.0. The number of hydrogen-bond donors (Lipinski definition) is 0. The van der Waals surface area contributed by atoms with Gasteiger partial charge in [0, 0.05) is 11.1 Å². The Hall–Kier alpha value is -2.83. The Balaban J connectivity index is 1.86. The number of nitrogens with zero attached hydrogens (tertiary/aromatic N) is 3. The van der Waals surface area contributed by atoms with Gasteiger partial charge in [-0.25, -0.2) is 4.99 Å². The van der Waals surface area contributed by atoms with Crippen LogP contribution >= 0.6 is 11.3 Å². The van der Waals surface area contributed by atoms with Crippen molar-refractivity contribution in [3.05, 3.63) is 39.8 Å². The van der Waals surface area contributed by atoms with E-state index in [4.69, 9.17) is 14.7 Å². The van der Waals surface area contributed by atoms with Gasteiger partial charge < -0.3 is 9.47 Å². The molecule has 1 aliphatic rings. The smallest absolute Gasteiger partial charge is 0.174 e. The molecule has 0 fully saturated rings. The van der Waals surface area contributed by atoms with Crippen LogP contribution in [-0.4, -0.2) is 19.4 Å². The zero-order chi connectivity index (χ0) is 21.7. The molecule has 1 heterocycles. The lowest BCUT2D eigenvalue weighted by molar-refractivity contribution is 0.218. The highest BCUT2D eigenvalue weighted by molar-refractivity contribution is 7.16. The van der Waals surface area contributed by atoms with Crippen molar-refractivity contribution in [3.63, 3.8) is 0 Å². The molecule has 0 aliphatic heterocycles. The minimum Gasteiger partial charge on any atom is -0.490 e. The van der Waals surface area contributed by atoms with Gasteiger partial charge in [-0.05, 0) is 66.8 Å². The highest BCUT2D eigenvalue weighted by atomic mass is 32.1. The Labute approximate surface area is 182 Å². The Morgan fingerprint density at radius 3 is 2.70 bits per heavy atom. The van der Waals surface area contributed by atoms with Crippen molar-refractivity contribution in [1.82, 2.24) is 0 Å². The molecule has 0 N–H and O–H groups in total. The molecular weight excluding hydrogens is 394 g/mol. The second-order valence-electron chi connectivity index (χ2n) is 8.45. The molecule has 5 nitrogen and oxygen atoms in total. The maximum atomic E-state index is 9.74. The van der Waals surface area contributed by atoms with Gasteiger partial charge in [0.05, 0.1) is 12.2 Å². The number of fused-ring (bicyclic) bond motifs is 1. The summed E-state index contributed by atoms with van der Waals surface area (Å²) in [4.78, 5) is 5.96. The predicted octanol–water partition coefficient (Wildman–Crippen LogP) is 5.82. The number of nitriles is 2. The molecule has 6 heteroatoms. The molecule has 0 saturated heterocycles. The van der Waals surface area contributed by atoms with Crippen molar-refractivity contribution in [3.8, 4) is 23.6 Å². The van der Waals surface area contributed by atoms with Gasteiger partial charge >= 0.3 is 0 Å². The average molecular weight is 422 g/mol. The maximum absolute atomic E-state index is 9.74. The SMILES string of the molecule is CCOc1cc(C=Nc2sc3c(c2C#N)CC[C@@H](C(C)(C)C)C3)ccc1OCC#N. The van der Waals surface area contributed by atoms with Crippen LogP contribution in [0.4, 0.5) is 5.00 Å². The summed E-state index contributed by atoms with van der Waals surface area (Å²) < 4.78 is 11.0. The molecule has 1 aromatic heterocycles. The first-order valence-corrected chi connectivity index (χ1v) is 11.0. The standard InChI is InChI=1S/C24H27N3O2S/c1-5-28-21-12-16(6-9-20(21)29-11-10-25)15-27-23-19(14-26)18-8-7-17(24(2,3)4)13-22(18)30-23/h6,9,12,15,17H,5,7-8,11,13H2,1-4H3/t17-/m1/s1. The van der Waals surface area contributed by atoms with Crippen LogP contribution in [0.15, 0.2) is 23.2 Å². The molecule has 30 heavy (non-hydrogen) atoms. The van der Waals surface area contributed by atoms with Gasteiger partial charge in [0.1, 0.15) is 17.1 Å². The first kappa shape index (κ1) is 21.9. The van der Waals surface area contributed by atoms with Gasteiger partial charge in [0.15, 0.2) is 18.1 Å². The summed E-state index contributed by atoms with van der Waals surface area (Å²) in [6.45, 7) is 9.24. The number of ether oxygens (including phenoxy) is 2. The molecule has 1 aromatic carbocycles. The van der Waals surface area contributed by atoms with Crippen LogP contribution in [0.1, 0.15) is 55.7 Å². The fourth-order valence-corrected chi connectivity index (χ4v) is 4.97. The quantitative estimate of drug-likeness (QED) is 0.550. The Kier molecular flexibility index (Phi) is 6.80. The van der Waals surface area contributed by atoms with Crippen molar-refractivity contribution in [2.45, 2.75) is 47.0 Å². The summed E-state index contributed by atoms with van der Waals surface area (Å²) in [7, 11) is 0. The average Bonchev–Trinajstić information content (AvgIpc) is 3.07. The second-order valence-corrected chi connectivity index (χ2v) is 9.53. The Bertz CT molecular complexity index is 1020. The van der Waals surface area contributed by atoms with Crippen molar-refractivity contribution >= 4 is 22.6 Å². The van der Waals surface area contributed by atoms with Gasteiger partial charge in [-0.3, -0.25) is 0 Å². The lowest BCUT2D eigenvalue weighted by Gasteiger charge is -2.33. The molecular formula is C24H27N3O2S. The maximum Gasteiger partial charge on any atom is 0.174 e. The number of thiophene rings is 1. The third kappa shape index (κ3) is 4.83. The van der Waals surface area contributed by atoms with E-state index >= 15 is 0 Å². The third-order valence-electron chi connectivity index (χ3n) is 5.47. The van der Waals surface area contributed by atoms with E-state index in [1.165, 1.54) is 10.4 Å². The molecule has 0 amide bonds. The monoisotopic (exact) mass is 421 g/mol. The second kappa shape index (κ2) is 9.32. The molecule has 0 spiro atoms. The van der Waals surface area contributed by atoms with Crippen molar-refractivity contribution < 1.29 is 9.47 Å². The summed E-state index contributed by atoms with van der Waals surface area (Å²) in [5.41, 5.74) is 3.02.